The number of aromatic nitrogens is 2. The number of hydrogen-bond acceptors (Lipinski definition) is 2. The van der Waals surface area contributed by atoms with E-state index < -0.39 is 23.7 Å². The fourth-order valence-electron chi connectivity index (χ4n) is 2.19. The molecule has 1 heterocycles. The topological polar surface area (TPSA) is 38.0 Å². The maximum atomic E-state index is 13.9. The molecule has 7 heteroatoms. The van der Waals surface area contributed by atoms with Crippen molar-refractivity contribution >= 4 is 0 Å². The first-order chi connectivity index (χ1) is 9.70. The van der Waals surface area contributed by atoms with E-state index in [0.717, 1.165) is 12.1 Å². The van der Waals surface area contributed by atoms with Crippen molar-refractivity contribution in [3.05, 3.63) is 52.6 Å². The van der Waals surface area contributed by atoms with E-state index in [-0.39, 0.29) is 12.0 Å². The highest BCUT2D eigenvalue weighted by Crippen LogP contribution is 2.34. The highest BCUT2D eigenvalue weighted by Gasteiger charge is 2.35. The second-order valence-electron chi connectivity index (χ2n) is 4.83. The van der Waals surface area contributed by atoms with Crippen LogP contribution in [0.4, 0.5) is 17.6 Å². The minimum absolute atomic E-state index is 0.0183. The lowest BCUT2D eigenvalue weighted by Crippen LogP contribution is -2.13. The van der Waals surface area contributed by atoms with Crippen molar-refractivity contribution in [1.29, 1.82) is 0 Å². The Bertz CT molecular complexity index is 649. The fraction of sp³-hybridized carbons (Fsp3) is 0.357. The van der Waals surface area contributed by atoms with E-state index in [9.17, 15) is 22.7 Å². The maximum Gasteiger partial charge on any atom is 0.419 e. The molecule has 21 heavy (non-hydrogen) atoms. The quantitative estimate of drug-likeness (QED) is 0.884. The molecule has 114 valence electrons. The van der Waals surface area contributed by atoms with Crippen LogP contribution in [0, 0.1) is 12.7 Å². The van der Waals surface area contributed by atoms with Gasteiger partial charge in [-0.15, -0.1) is 0 Å². The van der Waals surface area contributed by atoms with Crippen LogP contribution in [-0.2, 0) is 19.6 Å². The van der Waals surface area contributed by atoms with Gasteiger partial charge in [-0.05, 0) is 19.1 Å². The van der Waals surface area contributed by atoms with Crippen molar-refractivity contribution < 1.29 is 22.7 Å². The third-order valence-electron chi connectivity index (χ3n) is 3.19. The molecule has 1 unspecified atom stereocenters. The zero-order valence-corrected chi connectivity index (χ0v) is 11.4. The summed E-state index contributed by atoms with van der Waals surface area (Å²) in [5, 5.41) is 14.1. The van der Waals surface area contributed by atoms with Gasteiger partial charge in [0, 0.05) is 24.7 Å². The Morgan fingerprint density at radius 2 is 2.00 bits per heavy atom. The molecule has 0 radical (unpaired) electrons. The van der Waals surface area contributed by atoms with Gasteiger partial charge in [-0.1, -0.05) is 12.1 Å². The van der Waals surface area contributed by atoms with Gasteiger partial charge in [-0.2, -0.15) is 18.3 Å². The van der Waals surface area contributed by atoms with Crippen molar-refractivity contribution in [2.24, 2.45) is 7.05 Å². The number of alkyl halides is 3. The average molecular weight is 302 g/mol. The van der Waals surface area contributed by atoms with E-state index >= 15 is 0 Å². The maximum absolute atomic E-state index is 13.9. The zero-order chi connectivity index (χ0) is 15.8. The van der Waals surface area contributed by atoms with Crippen LogP contribution < -0.4 is 0 Å². The third-order valence-corrected chi connectivity index (χ3v) is 3.19. The van der Waals surface area contributed by atoms with Crippen LogP contribution >= 0.6 is 0 Å². The highest BCUT2D eigenvalue weighted by molar-refractivity contribution is 5.30. The van der Waals surface area contributed by atoms with Gasteiger partial charge < -0.3 is 5.11 Å². The molecule has 0 aliphatic heterocycles. The molecular formula is C14H14F4N2O. The van der Waals surface area contributed by atoms with Crippen LogP contribution in [0.3, 0.4) is 0 Å². The van der Waals surface area contributed by atoms with E-state index in [1.165, 1.54) is 4.68 Å². The summed E-state index contributed by atoms with van der Waals surface area (Å²) in [6, 6.07) is 4.58. The van der Waals surface area contributed by atoms with Gasteiger partial charge in [0.05, 0.1) is 17.4 Å². The summed E-state index contributed by atoms with van der Waals surface area (Å²) >= 11 is 0. The molecular weight excluding hydrogens is 288 g/mol. The van der Waals surface area contributed by atoms with E-state index in [1.807, 2.05) is 0 Å². The lowest BCUT2D eigenvalue weighted by molar-refractivity contribution is -0.140. The number of benzene rings is 1. The molecule has 0 saturated heterocycles. The zero-order valence-electron chi connectivity index (χ0n) is 11.4. The van der Waals surface area contributed by atoms with E-state index in [0.29, 0.717) is 17.5 Å². The van der Waals surface area contributed by atoms with Gasteiger partial charge >= 0.3 is 6.18 Å². The van der Waals surface area contributed by atoms with Crippen LogP contribution in [0.25, 0.3) is 0 Å². The van der Waals surface area contributed by atoms with Crippen molar-refractivity contribution in [1.82, 2.24) is 9.78 Å². The van der Waals surface area contributed by atoms with Gasteiger partial charge in [0.1, 0.15) is 5.82 Å². The van der Waals surface area contributed by atoms with Crippen LogP contribution in [-0.4, -0.2) is 14.9 Å². The molecule has 1 aromatic carbocycles. The number of aliphatic hydroxyl groups is 1. The van der Waals surface area contributed by atoms with Crippen LogP contribution in [0.1, 0.15) is 28.6 Å². The first kappa shape index (κ1) is 15.5. The Kier molecular flexibility index (Phi) is 4.04. The normalized spacial score (nSPS) is 13.5. The smallest absolute Gasteiger partial charge is 0.388 e. The number of aryl methyl sites for hydroxylation is 2. The molecule has 0 aliphatic rings. The van der Waals surface area contributed by atoms with Crippen molar-refractivity contribution in [2.75, 3.05) is 0 Å². The molecule has 0 saturated carbocycles. The minimum Gasteiger partial charge on any atom is -0.388 e. The summed E-state index contributed by atoms with van der Waals surface area (Å²) in [5.41, 5.74) is -0.426. The second-order valence-corrected chi connectivity index (χ2v) is 4.83. The third kappa shape index (κ3) is 3.24. The monoisotopic (exact) mass is 302 g/mol. The lowest BCUT2D eigenvalue weighted by atomic mass is 10.0. The van der Waals surface area contributed by atoms with Gasteiger partial charge in [0.25, 0.3) is 0 Å². The standard InChI is InChI=1S/C14H14F4N2O/c1-8-6-9(20(2)19-8)7-12(21)10-4-3-5-11(13(10)15)14(16,17)18/h3-6,12,21H,7H2,1-2H3. The number of hydrogen-bond donors (Lipinski definition) is 1. The summed E-state index contributed by atoms with van der Waals surface area (Å²) in [4.78, 5) is 0. The van der Waals surface area contributed by atoms with Crippen LogP contribution in [0.2, 0.25) is 0 Å². The van der Waals surface area contributed by atoms with Crippen molar-refractivity contribution in [2.45, 2.75) is 25.6 Å². The largest absolute Gasteiger partial charge is 0.419 e. The summed E-state index contributed by atoms with van der Waals surface area (Å²) < 4.78 is 53.4. The molecule has 1 N–H and O–H groups in total. The number of nitrogens with zero attached hydrogens (tertiary/aromatic N) is 2. The fourth-order valence-corrected chi connectivity index (χ4v) is 2.19. The van der Waals surface area contributed by atoms with Crippen LogP contribution in [0.5, 0.6) is 0 Å². The predicted molar refractivity (Wildman–Crippen MR) is 68.0 cm³/mol. The molecule has 1 atom stereocenters. The molecule has 0 aliphatic carbocycles. The van der Waals surface area contributed by atoms with E-state index in [2.05, 4.69) is 5.10 Å². The first-order valence-electron chi connectivity index (χ1n) is 6.23. The highest BCUT2D eigenvalue weighted by atomic mass is 19.4. The number of rotatable bonds is 3. The Morgan fingerprint density at radius 1 is 1.33 bits per heavy atom. The molecule has 0 bridgehead atoms. The molecule has 0 amide bonds. The van der Waals surface area contributed by atoms with Crippen LogP contribution in [0.15, 0.2) is 24.3 Å². The van der Waals surface area contributed by atoms with Gasteiger partial charge in [-0.3, -0.25) is 4.68 Å². The molecule has 3 nitrogen and oxygen atoms in total. The molecule has 0 fully saturated rings. The van der Waals surface area contributed by atoms with E-state index in [4.69, 9.17) is 0 Å². The molecule has 2 aromatic rings. The van der Waals surface area contributed by atoms with E-state index in [1.54, 1.807) is 20.0 Å². The number of aliphatic hydroxyl groups excluding tert-OH is 1. The summed E-state index contributed by atoms with van der Waals surface area (Å²) in [7, 11) is 1.65. The summed E-state index contributed by atoms with van der Waals surface area (Å²) in [6.45, 7) is 1.75. The Hall–Kier alpha value is -1.89. The predicted octanol–water partition coefficient (Wildman–Crippen LogP) is 3.16. The van der Waals surface area contributed by atoms with Crippen molar-refractivity contribution in [3.8, 4) is 0 Å². The Morgan fingerprint density at radius 3 is 2.52 bits per heavy atom. The summed E-state index contributed by atoms with van der Waals surface area (Å²) in [6.07, 6.45) is -6.18. The SMILES string of the molecule is Cc1cc(CC(O)c2cccc(C(F)(F)F)c2F)n(C)n1. The Labute approximate surface area is 118 Å². The average Bonchev–Trinajstić information content (AvgIpc) is 2.66. The van der Waals surface area contributed by atoms with Gasteiger partial charge in [0.2, 0.25) is 0 Å². The molecule has 2 rings (SSSR count). The summed E-state index contributed by atoms with van der Waals surface area (Å²) in [5.74, 6) is -1.43. The Balaban J connectivity index is 2.32. The van der Waals surface area contributed by atoms with Gasteiger partial charge in [-0.25, -0.2) is 4.39 Å². The number of halogens is 4. The molecule has 1 aromatic heterocycles. The minimum atomic E-state index is -4.79. The van der Waals surface area contributed by atoms with Crippen molar-refractivity contribution in [3.63, 3.8) is 0 Å². The van der Waals surface area contributed by atoms with Gasteiger partial charge in [0.15, 0.2) is 0 Å². The second kappa shape index (κ2) is 5.48. The lowest BCUT2D eigenvalue weighted by Gasteiger charge is -2.15. The molecule has 0 spiro atoms. The first-order valence-corrected chi connectivity index (χ1v) is 6.23.